The summed E-state index contributed by atoms with van der Waals surface area (Å²) in [5.41, 5.74) is 0. The van der Waals surface area contributed by atoms with Crippen molar-refractivity contribution in [1.82, 2.24) is 5.32 Å². The van der Waals surface area contributed by atoms with Gasteiger partial charge in [0.2, 0.25) is 0 Å². The molecule has 0 spiro atoms. The lowest BCUT2D eigenvalue weighted by atomic mass is 10.1. The van der Waals surface area contributed by atoms with Crippen molar-refractivity contribution in [2.75, 3.05) is 13.1 Å². The third-order valence-corrected chi connectivity index (χ3v) is 3.07. The molecule has 4 heteroatoms. The lowest BCUT2D eigenvalue weighted by Gasteiger charge is -2.23. The number of rotatable bonds is 2. The van der Waals surface area contributed by atoms with Gasteiger partial charge in [-0.05, 0) is 20.8 Å². The second-order valence-electron chi connectivity index (χ2n) is 4.03. The number of hydrogen-bond acceptors (Lipinski definition) is 3. The minimum Gasteiger partial charge on any atom is -0.591 e. The molecule has 0 aromatic rings. The summed E-state index contributed by atoms with van der Waals surface area (Å²) in [7, 11) is 0. The predicted molar refractivity (Wildman–Crippen MR) is 52.7 cm³/mol. The molecule has 1 aliphatic rings. The molecule has 1 atom stereocenters. The third kappa shape index (κ3) is 2.77. The van der Waals surface area contributed by atoms with E-state index in [0.29, 0.717) is 5.92 Å². The first-order valence-corrected chi connectivity index (χ1v) is 5.28. The number of hydrogen-bond donors (Lipinski definition) is 1. The molecule has 0 amide bonds. The van der Waals surface area contributed by atoms with E-state index in [1.807, 2.05) is 27.0 Å². The maximum Gasteiger partial charge on any atom is 0.144 e. The lowest BCUT2D eigenvalue weighted by molar-refractivity contribution is 0.450. The fraction of sp³-hybridized carbons (Fsp3) is 0.875. The van der Waals surface area contributed by atoms with Crippen molar-refractivity contribution < 1.29 is 4.55 Å². The summed E-state index contributed by atoms with van der Waals surface area (Å²) in [6.45, 7) is 7.74. The smallest absolute Gasteiger partial charge is 0.144 e. The molecule has 1 aliphatic heterocycles. The first kappa shape index (κ1) is 10.0. The fourth-order valence-electron chi connectivity index (χ4n) is 0.716. The van der Waals surface area contributed by atoms with Crippen molar-refractivity contribution in [3.63, 3.8) is 0 Å². The molecular formula is C8H16N2OS. The van der Waals surface area contributed by atoms with Gasteiger partial charge in [-0.2, -0.15) is 0 Å². The van der Waals surface area contributed by atoms with E-state index < -0.39 is 11.4 Å². The van der Waals surface area contributed by atoms with Crippen molar-refractivity contribution in [3.8, 4) is 0 Å². The average Bonchev–Trinajstić information content (AvgIpc) is 1.81. The molecule has 0 saturated carbocycles. The average molecular weight is 188 g/mol. The van der Waals surface area contributed by atoms with E-state index in [1.165, 1.54) is 0 Å². The SMILES string of the molecule is CC(C)(C)[S+]([O-])/N=C/C1CNC1. The number of nitrogens with one attached hydrogen (secondary N) is 1. The summed E-state index contributed by atoms with van der Waals surface area (Å²) in [4.78, 5) is 0. The zero-order valence-corrected chi connectivity index (χ0v) is 8.65. The molecule has 0 aromatic heterocycles. The summed E-state index contributed by atoms with van der Waals surface area (Å²) in [5.74, 6) is 0.497. The minimum absolute atomic E-state index is 0.228. The standard InChI is InChI=1S/C8H16N2OS/c1-8(2,3)12(11)10-6-7-4-9-5-7/h6-7,9H,4-5H2,1-3H3/b10-6+. The Hall–Kier alpha value is -0.0600. The van der Waals surface area contributed by atoms with Gasteiger partial charge in [-0.3, -0.25) is 0 Å². The van der Waals surface area contributed by atoms with Crippen LogP contribution in [0, 0.1) is 5.92 Å². The van der Waals surface area contributed by atoms with Crippen LogP contribution in [0.1, 0.15) is 20.8 Å². The first-order valence-electron chi connectivity index (χ1n) is 4.17. The van der Waals surface area contributed by atoms with Gasteiger partial charge in [-0.1, -0.05) is 4.40 Å². The second kappa shape index (κ2) is 3.77. The second-order valence-corrected chi connectivity index (χ2v) is 5.97. The van der Waals surface area contributed by atoms with Crippen LogP contribution in [0.5, 0.6) is 0 Å². The van der Waals surface area contributed by atoms with Crippen molar-refractivity contribution >= 4 is 17.6 Å². The van der Waals surface area contributed by atoms with E-state index in [1.54, 1.807) is 0 Å². The molecule has 0 aliphatic carbocycles. The van der Waals surface area contributed by atoms with E-state index >= 15 is 0 Å². The van der Waals surface area contributed by atoms with Crippen LogP contribution in [0.2, 0.25) is 0 Å². The van der Waals surface area contributed by atoms with Crippen molar-refractivity contribution in [3.05, 3.63) is 0 Å². The normalized spacial score (nSPS) is 22.7. The molecule has 3 nitrogen and oxygen atoms in total. The Kier molecular flexibility index (Phi) is 3.15. The maximum absolute atomic E-state index is 11.4. The molecule has 12 heavy (non-hydrogen) atoms. The van der Waals surface area contributed by atoms with E-state index in [0.717, 1.165) is 13.1 Å². The van der Waals surface area contributed by atoms with E-state index in [9.17, 15) is 4.55 Å². The van der Waals surface area contributed by atoms with Crippen LogP contribution in [0.15, 0.2) is 4.40 Å². The quantitative estimate of drug-likeness (QED) is 0.513. The molecule has 1 fully saturated rings. The zero-order chi connectivity index (χ0) is 9.19. The molecule has 1 heterocycles. The van der Waals surface area contributed by atoms with Crippen LogP contribution in [0.4, 0.5) is 0 Å². The van der Waals surface area contributed by atoms with Crippen molar-refractivity contribution in [1.29, 1.82) is 0 Å². The number of nitrogens with zero attached hydrogens (tertiary/aromatic N) is 1. The van der Waals surface area contributed by atoms with Gasteiger partial charge in [0, 0.05) is 19.0 Å². The molecule has 70 valence electrons. The highest BCUT2D eigenvalue weighted by molar-refractivity contribution is 7.91. The van der Waals surface area contributed by atoms with Gasteiger partial charge in [0.15, 0.2) is 0 Å². The largest absolute Gasteiger partial charge is 0.591 e. The Morgan fingerprint density at radius 3 is 2.42 bits per heavy atom. The highest BCUT2D eigenvalue weighted by atomic mass is 32.2. The molecule has 0 radical (unpaired) electrons. The van der Waals surface area contributed by atoms with Crippen LogP contribution in [0.3, 0.4) is 0 Å². The van der Waals surface area contributed by atoms with Gasteiger partial charge in [0.25, 0.3) is 0 Å². The fourth-order valence-corrected chi connectivity index (χ4v) is 1.31. The van der Waals surface area contributed by atoms with E-state index in [2.05, 4.69) is 9.71 Å². The summed E-state index contributed by atoms with van der Waals surface area (Å²) in [5, 5.41) is 3.13. The lowest BCUT2D eigenvalue weighted by Crippen LogP contribution is -2.43. The molecular weight excluding hydrogens is 172 g/mol. The molecule has 0 aromatic carbocycles. The van der Waals surface area contributed by atoms with Crippen LogP contribution in [0.25, 0.3) is 0 Å². The minimum atomic E-state index is -1.08. The zero-order valence-electron chi connectivity index (χ0n) is 7.83. The van der Waals surface area contributed by atoms with Crippen molar-refractivity contribution in [2.45, 2.75) is 25.5 Å². The Labute approximate surface area is 77.0 Å². The summed E-state index contributed by atoms with van der Waals surface area (Å²) in [6.07, 6.45) is 1.82. The molecule has 0 bridgehead atoms. The Morgan fingerprint density at radius 1 is 1.50 bits per heavy atom. The summed E-state index contributed by atoms with van der Waals surface area (Å²) < 4.78 is 15.2. The Morgan fingerprint density at radius 2 is 2.08 bits per heavy atom. The first-order chi connectivity index (χ1) is 5.50. The highest BCUT2D eigenvalue weighted by Crippen LogP contribution is 2.16. The molecule has 1 saturated heterocycles. The molecule has 1 unspecified atom stereocenters. The summed E-state index contributed by atoms with van der Waals surface area (Å²) >= 11 is -1.08. The van der Waals surface area contributed by atoms with Crippen LogP contribution < -0.4 is 5.32 Å². The monoisotopic (exact) mass is 188 g/mol. The van der Waals surface area contributed by atoms with Gasteiger partial charge in [-0.25, -0.2) is 0 Å². The van der Waals surface area contributed by atoms with Gasteiger partial charge in [0.05, 0.1) is 6.21 Å². The van der Waals surface area contributed by atoms with Crippen LogP contribution in [-0.4, -0.2) is 28.6 Å². The summed E-state index contributed by atoms with van der Waals surface area (Å²) in [6, 6.07) is 0. The highest BCUT2D eigenvalue weighted by Gasteiger charge is 2.26. The van der Waals surface area contributed by atoms with Crippen LogP contribution >= 0.6 is 0 Å². The van der Waals surface area contributed by atoms with Gasteiger partial charge >= 0.3 is 0 Å². The van der Waals surface area contributed by atoms with Crippen LogP contribution in [-0.2, 0) is 11.4 Å². The van der Waals surface area contributed by atoms with Crippen molar-refractivity contribution in [2.24, 2.45) is 10.3 Å². The third-order valence-electron chi connectivity index (χ3n) is 1.70. The molecule has 1 N–H and O–H groups in total. The molecule has 1 rings (SSSR count). The van der Waals surface area contributed by atoms with Gasteiger partial charge in [-0.15, -0.1) is 0 Å². The Bertz CT molecular complexity index is 172. The maximum atomic E-state index is 11.4. The predicted octanol–water partition coefficient (Wildman–Crippen LogP) is 0.739. The van der Waals surface area contributed by atoms with Gasteiger partial charge < -0.3 is 9.87 Å². The Balaban J connectivity index is 2.33. The van der Waals surface area contributed by atoms with Gasteiger partial charge in [0.1, 0.15) is 16.1 Å². The van der Waals surface area contributed by atoms with E-state index in [-0.39, 0.29) is 4.75 Å². The van der Waals surface area contributed by atoms with E-state index in [4.69, 9.17) is 0 Å². The topological polar surface area (TPSA) is 47.5 Å².